The minimum Gasteiger partial charge on any atom is -0.381 e. The summed E-state index contributed by atoms with van der Waals surface area (Å²) in [5, 5.41) is 3.78. The van der Waals surface area contributed by atoms with Crippen molar-refractivity contribution in [2.24, 2.45) is 5.92 Å². The van der Waals surface area contributed by atoms with Crippen LogP contribution in [0, 0.1) is 5.92 Å². The van der Waals surface area contributed by atoms with Crippen LogP contribution in [-0.2, 0) is 4.74 Å². The van der Waals surface area contributed by atoms with E-state index in [-0.39, 0.29) is 0 Å². The van der Waals surface area contributed by atoms with Gasteiger partial charge in [0.2, 0.25) is 0 Å². The summed E-state index contributed by atoms with van der Waals surface area (Å²) in [7, 11) is 0. The van der Waals surface area contributed by atoms with Gasteiger partial charge in [0.05, 0.1) is 0 Å². The maximum Gasteiger partial charge on any atom is 0.0494 e. The van der Waals surface area contributed by atoms with Crippen LogP contribution in [-0.4, -0.2) is 49.8 Å². The van der Waals surface area contributed by atoms with Gasteiger partial charge >= 0.3 is 0 Å². The van der Waals surface area contributed by atoms with E-state index in [1.807, 2.05) is 0 Å². The lowest BCUT2D eigenvalue weighted by molar-refractivity contribution is 0.0933. The monoisotopic (exact) mass is 252 g/mol. The summed E-state index contributed by atoms with van der Waals surface area (Å²) >= 11 is 0. The van der Waals surface area contributed by atoms with Crippen LogP contribution in [0.25, 0.3) is 0 Å². The van der Waals surface area contributed by atoms with E-state index >= 15 is 0 Å². The van der Waals surface area contributed by atoms with E-state index in [1.165, 1.54) is 71.1 Å². The first-order valence-corrected chi connectivity index (χ1v) is 7.91. The molecule has 1 spiro atoms. The number of nitrogens with one attached hydrogen (secondary N) is 1. The normalized spacial score (nSPS) is 28.0. The van der Waals surface area contributed by atoms with E-state index in [2.05, 4.69) is 10.2 Å². The third-order valence-electron chi connectivity index (χ3n) is 4.83. The van der Waals surface area contributed by atoms with Crippen LogP contribution in [0.15, 0.2) is 0 Å². The first-order chi connectivity index (χ1) is 8.86. The van der Waals surface area contributed by atoms with E-state index in [4.69, 9.17) is 4.74 Å². The van der Waals surface area contributed by atoms with Gasteiger partial charge in [0, 0.05) is 44.9 Å². The molecule has 1 N–H and O–H groups in total. The molecule has 2 aliphatic carbocycles. The van der Waals surface area contributed by atoms with Crippen LogP contribution in [0.1, 0.15) is 44.9 Å². The molecule has 0 aromatic carbocycles. The average Bonchev–Trinajstić information content (AvgIpc) is 3.11. The van der Waals surface area contributed by atoms with Crippen molar-refractivity contribution in [1.29, 1.82) is 0 Å². The molecule has 0 atom stereocenters. The molecule has 0 unspecified atom stereocenters. The first-order valence-electron chi connectivity index (χ1n) is 7.91. The quantitative estimate of drug-likeness (QED) is 0.732. The number of nitrogens with zero attached hydrogens (tertiary/aromatic N) is 1. The van der Waals surface area contributed by atoms with Crippen molar-refractivity contribution in [2.45, 2.75) is 50.5 Å². The highest BCUT2D eigenvalue weighted by Gasteiger charge is 2.37. The van der Waals surface area contributed by atoms with Crippen LogP contribution in [0.3, 0.4) is 0 Å². The second kappa shape index (κ2) is 5.89. The Morgan fingerprint density at radius 3 is 2.83 bits per heavy atom. The molecule has 0 bridgehead atoms. The molecule has 0 aromatic rings. The lowest BCUT2D eigenvalue weighted by atomic mass is 9.94. The Balaban J connectivity index is 1.31. The molecule has 3 fully saturated rings. The van der Waals surface area contributed by atoms with Gasteiger partial charge in [-0.05, 0) is 38.0 Å². The van der Waals surface area contributed by atoms with Gasteiger partial charge < -0.3 is 15.0 Å². The van der Waals surface area contributed by atoms with Crippen LogP contribution in [0.4, 0.5) is 0 Å². The number of ether oxygens (including phenoxy) is 1. The zero-order valence-electron chi connectivity index (χ0n) is 11.6. The summed E-state index contributed by atoms with van der Waals surface area (Å²) in [6.07, 6.45) is 9.64. The molecule has 0 radical (unpaired) electrons. The van der Waals surface area contributed by atoms with Gasteiger partial charge in [-0.3, -0.25) is 0 Å². The minimum absolute atomic E-state index is 0.479. The van der Waals surface area contributed by atoms with E-state index in [9.17, 15) is 0 Å². The summed E-state index contributed by atoms with van der Waals surface area (Å²) in [6, 6.07) is 0. The average molecular weight is 252 g/mol. The predicted molar refractivity (Wildman–Crippen MR) is 73.8 cm³/mol. The molecule has 1 heterocycles. The van der Waals surface area contributed by atoms with Crippen LogP contribution in [0.5, 0.6) is 0 Å². The second-order valence-electron chi connectivity index (χ2n) is 6.56. The maximum atomic E-state index is 5.72. The molecule has 3 heteroatoms. The minimum atomic E-state index is 0.479. The van der Waals surface area contributed by atoms with Gasteiger partial charge in [-0.2, -0.15) is 0 Å². The molecule has 1 saturated heterocycles. The standard InChI is InChI=1S/C15H28N2O/c1-2-7-15(6-1)13-17(10-8-16-15)9-3-11-18-12-14-4-5-14/h14,16H,1-13H2. The SMILES string of the molecule is C(COCC1CC1)CN1CCNC2(CCCC2)C1. The van der Waals surface area contributed by atoms with Gasteiger partial charge in [-0.1, -0.05) is 12.8 Å². The molecule has 3 aliphatic rings. The van der Waals surface area contributed by atoms with Gasteiger partial charge in [0.1, 0.15) is 0 Å². The molecule has 1 aliphatic heterocycles. The highest BCUT2D eigenvalue weighted by molar-refractivity contribution is 4.98. The van der Waals surface area contributed by atoms with Crippen LogP contribution >= 0.6 is 0 Å². The van der Waals surface area contributed by atoms with Crippen molar-refractivity contribution < 1.29 is 4.74 Å². The number of piperazine rings is 1. The molecular weight excluding hydrogens is 224 g/mol. The molecule has 0 aromatic heterocycles. The smallest absolute Gasteiger partial charge is 0.0494 e. The van der Waals surface area contributed by atoms with Gasteiger partial charge in [0.25, 0.3) is 0 Å². The Labute approximate surface area is 111 Å². The van der Waals surface area contributed by atoms with Gasteiger partial charge in [-0.25, -0.2) is 0 Å². The fraction of sp³-hybridized carbons (Fsp3) is 1.00. The Morgan fingerprint density at radius 1 is 1.22 bits per heavy atom. The van der Waals surface area contributed by atoms with Crippen molar-refractivity contribution >= 4 is 0 Å². The second-order valence-corrected chi connectivity index (χ2v) is 6.56. The van der Waals surface area contributed by atoms with Crippen molar-refractivity contribution in [2.75, 3.05) is 39.4 Å². The number of rotatable bonds is 6. The zero-order chi connectivity index (χ0) is 12.3. The van der Waals surface area contributed by atoms with E-state index in [1.54, 1.807) is 0 Å². The summed E-state index contributed by atoms with van der Waals surface area (Å²) < 4.78 is 5.72. The summed E-state index contributed by atoms with van der Waals surface area (Å²) in [5.41, 5.74) is 0.479. The summed E-state index contributed by atoms with van der Waals surface area (Å²) in [5.74, 6) is 0.908. The van der Waals surface area contributed by atoms with Crippen LogP contribution in [0.2, 0.25) is 0 Å². The molecule has 18 heavy (non-hydrogen) atoms. The van der Waals surface area contributed by atoms with E-state index in [0.717, 1.165) is 19.1 Å². The predicted octanol–water partition coefficient (Wildman–Crippen LogP) is 2.02. The first kappa shape index (κ1) is 12.9. The molecule has 3 rings (SSSR count). The van der Waals surface area contributed by atoms with Crippen molar-refractivity contribution in [3.8, 4) is 0 Å². The van der Waals surface area contributed by atoms with E-state index in [0.29, 0.717) is 5.54 Å². The largest absolute Gasteiger partial charge is 0.381 e. The topological polar surface area (TPSA) is 24.5 Å². The Morgan fingerprint density at radius 2 is 2.06 bits per heavy atom. The maximum absolute atomic E-state index is 5.72. The molecule has 104 valence electrons. The van der Waals surface area contributed by atoms with Crippen molar-refractivity contribution in [1.82, 2.24) is 10.2 Å². The van der Waals surface area contributed by atoms with Gasteiger partial charge in [-0.15, -0.1) is 0 Å². The summed E-state index contributed by atoms with van der Waals surface area (Å²) in [4.78, 5) is 2.66. The lowest BCUT2D eigenvalue weighted by Gasteiger charge is -2.41. The fourth-order valence-electron chi connectivity index (χ4n) is 3.54. The zero-order valence-corrected chi connectivity index (χ0v) is 11.6. The highest BCUT2D eigenvalue weighted by atomic mass is 16.5. The third kappa shape index (κ3) is 3.46. The molecule has 2 saturated carbocycles. The van der Waals surface area contributed by atoms with Crippen molar-refractivity contribution in [3.63, 3.8) is 0 Å². The van der Waals surface area contributed by atoms with E-state index < -0.39 is 0 Å². The van der Waals surface area contributed by atoms with Crippen LogP contribution < -0.4 is 5.32 Å². The molecular formula is C15H28N2O. The number of hydrogen-bond donors (Lipinski definition) is 1. The number of hydrogen-bond acceptors (Lipinski definition) is 3. The summed E-state index contributed by atoms with van der Waals surface area (Å²) in [6.45, 7) is 6.90. The lowest BCUT2D eigenvalue weighted by Crippen LogP contribution is -2.59. The fourth-order valence-corrected chi connectivity index (χ4v) is 3.54. The Bertz CT molecular complexity index is 259. The molecule has 0 amide bonds. The van der Waals surface area contributed by atoms with Crippen molar-refractivity contribution in [3.05, 3.63) is 0 Å². The Hall–Kier alpha value is -0.120. The Kier molecular flexibility index (Phi) is 4.22. The highest BCUT2D eigenvalue weighted by Crippen LogP contribution is 2.32. The van der Waals surface area contributed by atoms with Gasteiger partial charge in [0.15, 0.2) is 0 Å². The third-order valence-corrected chi connectivity index (χ3v) is 4.83. The molecule has 3 nitrogen and oxygen atoms in total.